The Hall–Kier alpha value is -3.06. The lowest BCUT2D eigenvalue weighted by Crippen LogP contribution is -2.45. The highest BCUT2D eigenvalue weighted by atomic mass is 16.5. The Kier molecular flexibility index (Phi) is 5.39. The van der Waals surface area contributed by atoms with Crippen molar-refractivity contribution in [2.75, 3.05) is 37.8 Å². The zero-order chi connectivity index (χ0) is 21.3. The Morgan fingerprint density at radius 2 is 1.97 bits per heavy atom. The Morgan fingerprint density at radius 1 is 1.23 bits per heavy atom. The van der Waals surface area contributed by atoms with Gasteiger partial charge < -0.3 is 24.2 Å². The number of carbonyl (C=O) groups is 2. The molecule has 7 nitrogen and oxygen atoms in total. The Labute approximate surface area is 175 Å². The predicted molar refractivity (Wildman–Crippen MR) is 111 cm³/mol. The fraction of sp³-hybridized carbons (Fsp3) is 0.391. The summed E-state index contributed by atoms with van der Waals surface area (Å²) in [7, 11) is 0. The fourth-order valence-electron chi connectivity index (χ4n) is 3.90. The van der Waals surface area contributed by atoms with Crippen LogP contribution in [-0.4, -0.2) is 55.4 Å². The number of aromatic carboxylic acids is 1. The summed E-state index contributed by atoms with van der Waals surface area (Å²) in [6.07, 6.45) is 0.0447. The van der Waals surface area contributed by atoms with Crippen LogP contribution in [0, 0.1) is 6.92 Å². The van der Waals surface area contributed by atoms with Gasteiger partial charge in [0.1, 0.15) is 23.7 Å². The number of ketones is 1. The number of benzene rings is 2. The summed E-state index contributed by atoms with van der Waals surface area (Å²) in [6.45, 7) is 6.39. The number of rotatable bonds is 5. The molecule has 1 N–H and O–H groups in total. The van der Waals surface area contributed by atoms with Crippen molar-refractivity contribution in [1.82, 2.24) is 0 Å². The average molecular weight is 411 g/mol. The van der Waals surface area contributed by atoms with E-state index in [2.05, 4.69) is 0 Å². The topological polar surface area (TPSA) is 85.3 Å². The molecule has 0 spiro atoms. The van der Waals surface area contributed by atoms with Crippen molar-refractivity contribution in [3.8, 4) is 11.5 Å². The molecule has 1 unspecified atom stereocenters. The van der Waals surface area contributed by atoms with Gasteiger partial charge >= 0.3 is 5.97 Å². The molecule has 2 aliphatic heterocycles. The number of anilines is 1. The predicted octanol–water partition coefficient (Wildman–Crippen LogP) is 3.33. The number of morpholine rings is 1. The maximum atomic E-state index is 13.0. The third-order valence-electron chi connectivity index (χ3n) is 5.49. The van der Waals surface area contributed by atoms with Crippen LogP contribution in [0.25, 0.3) is 0 Å². The number of ether oxygens (including phenoxy) is 3. The molecule has 0 aliphatic carbocycles. The first-order valence-corrected chi connectivity index (χ1v) is 10.0. The maximum absolute atomic E-state index is 13.0. The molecule has 0 aromatic heterocycles. The zero-order valence-electron chi connectivity index (χ0n) is 17.1. The van der Waals surface area contributed by atoms with Crippen LogP contribution in [0.4, 0.5) is 5.69 Å². The molecule has 158 valence electrons. The summed E-state index contributed by atoms with van der Waals surface area (Å²) in [4.78, 5) is 26.9. The first-order chi connectivity index (χ1) is 14.4. The number of carboxylic acid groups (broad SMARTS) is 1. The van der Waals surface area contributed by atoms with E-state index in [0.717, 1.165) is 11.3 Å². The van der Waals surface area contributed by atoms with E-state index in [1.807, 2.05) is 43.0 Å². The van der Waals surface area contributed by atoms with E-state index < -0.39 is 11.6 Å². The van der Waals surface area contributed by atoms with Gasteiger partial charge in [-0.15, -0.1) is 0 Å². The minimum Gasteiger partial charge on any atom is -0.489 e. The lowest BCUT2D eigenvalue weighted by Gasteiger charge is -2.36. The van der Waals surface area contributed by atoms with Crippen LogP contribution in [-0.2, 0) is 4.74 Å². The molecule has 0 bridgehead atoms. The molecule has 7 heteroatoms. The van der Waals surface area contributed by atoms with E-state index in [1.54, 1.807) is 12.1 Å². The minimum atomic E-state index is -1.14. The second-order valence-electron chi connectivity index (χ2n) is 7.98. The van der Waals surface area contributed by atoms with E-state index in [4.69, 9.17) is 14.2 Å². The molecule has 2 aromatic rings. The third-order valence-corrected chi connectivity index (χ3v) is 5.49. The monoisotopic (exact) mass is 411 g/mol. The molecule has 2 heterocycles. The molecular weight excluding hydrogens is 386 g/mol. The highest BCUT2D eigenvalue weighted by Crippen LogP contribution is 2.39. The number of fused-ring (bicyclic) bond motifs is 1. The van der Waals surface area contributed by atoms with Crippen molar-refractivity contribution < 1.29 is 28.9 Å². The van der Waals surface area contributed by atoms with Crippen LogP contribution in [0.3, 0.4) is 0 Å². The number of Topliss-reactive ketones (excluding diaryl/α,β-unsaturated/α-hetero) is 1. The van der Waals surface area contributed by atoms with Gasteiger partial charge in [0.2, 0.25) is 0 Å². The van der Waals surface area contributed by atoms with E-state index in [-0.39, 0.29) is 29.9 Å². The Morgan fingerprint density at radius 3 is 2.67 bits per heavy atom. The normalized spacial score (nSPS) is 21.0. The van der Waals surface area contributed by atoms with Gasteiger partial charge in [-0.05, 0) is 31.5 Å². The average Bonchev–Trinajstić information content (AvgIpc) is 2.72. The van der Waals surface area contributed by atoms with Gasteiger partial charge in [0.05, 0.1) is 30.8 Å². The molecule has 1 atom stereocenters. The van der Waals surface area contributed by atoms with E-state index in [1.165, 1.54) is 0 Å². The van der Waals surface area contributed by atoms with Gasteiger partial charge in [-0.3, -0.25) is 4.79 Å². The summed E-state index contributed by atoms with van der Waals surface area (Å²) in [5.41, 5.74) is 0.914. The van der Waals surface area contributed by atoms with Crippen molar-refractivity contribution in [2.24, 2.45) is 0 Å². The number of hydrogen-bond acceptors (Lipinski definition) is 6. The molecule has 0 amide bonds. The molecular formula is C23H25NO6. The first-order valence-electron chi connectivity index (χ1n) is 10.0. The SMILES string of the molecule is Cc1ccccc1OCC1(C)CC(=O)c2c(cc(N3CCOCC3)cc2C(=O)O)O1. The minimum absolute atomic E-state index is 0.0270. The molecule has 2 aliphatic rings. The Balaban J connectivity index is 1.64. The van der Waals surface area contributed by atoms with Crippen molar-refractivity contribution in [3.05, 3.63) is 53.1 Å². The second kappa shape index (κ2) is 7.99. The lowest BCUT2D eigenvalue weighted by molar-refractivity contribution is 0.0184. The molecule has 1 saturated heterocycles. The molecule has 0 radical (unpaired) electrons. The summed E-state index contributed by atoms with van der Waals surface area (Å²) in [6, 6.07) is 11.0. The summed E-state index contributed by atoms with van der Waals surface area (Å²) in [5.74, 6) is -0.367. The van der Waals surface area contributed by atoms with Crippen LogP contribution < -0.4 is 14.4 Å². The highest BCUT2D eigenvalue weighted by Gasteiger charge is 2.40. The van der Waals surface area contributed by atoms with Crippen molar-refractivity contribution >= 4 is 17.4 Å². The van der Waals surface area contributed by atoms with E-state index >= 15 is 0 Å². The second-order valence-corrected chi connectivity index (χ2v) is 7.98. The van der Waals surface area contributed by atoms with E-state index in [9.17, 15) is 14.7 Å². The molecule has 4 rings (SSSR count). The van der Waals surface area contributed by atoms with Crippen molar-refractivity contribution in [3.63, 3.8) is 0 Å². The highest BCUT2D eigenvalue weighted by molar-refractivity contribution is 6.09. The van der Waals surface area contributed by atoms with Crippen LogP contribution >= 0.6 is 0 Å². The number of hydrogen-bond donors (Lipinski definition) is 1. The summed E-state index contributed by atoms with van der Waals surface area (Å²) in [5, 5.41) is 9.72. The van der Waals surface area contributed by atoms with Gasteiger partial charge in [0.15, 0.2) is 5.78 Å². The number of nitrogens with zero attached hydrogens (tertiary/aromatic N) is 1. The van der Waals surface area contributed by atoms with Crippen LogP contribution in [0.5, 0.6) is 11.5 Å². The number of para-hydroxylation sites is 1. The Bertz CT molecular complexity index is 982. The quantitative estimate of drug-likeness (QED) is 0.808. The van der Waals surface area contributed by atoms with Crippen molar-refractivity contribution in [2.45, 2.75) is 25.9 Å². The van der Waals surface area contributed by atoms with Gasteiger partial charge in [0, 0.05) is 24.8 Å². The number of aryl methyl sites for hydroxylation is 1. The summed E-state index contributed by atoms with van der Waals surface area (Å²) < 4.78 is 17.5. The fourth-order valence-corrected chi connectivity index (χ4v) is 3.90. The number of carboxylic acids is 1. The maximum Gasteiger partial charge on any atom is 0.336 e. The van der Waals surface area contributed by atoms with Crippen molar-refractivity contribution in [1.29, 1.82) is 0 Å². The standard InChI is InChI=1S/C23H25NO6/c1-15-5-3-4-6-19(15)29-14-23(2)13-18(25)21-17(22(26)27)11-16(12-20(21)30-23)24-7-9-28-10-8-24/h3-6,11-12H,7-10,13-14H2,1-2H3,(H,26,27). The summed E-state index contributed by atoms with van der Waals surface area (Å²) >= 11 is 0. The van der Waals surface area contributed by atoms with Crippen LogP contribution in [0.1, 0.15) is 39.6 Å². The molecule has 30 heavy (non-hydrogen) atoms. The van der Waals surface area contributed by atoms with Crippen LogP contribution in [0.2, 0.25) is 0 Å². The van der Waals surface area contributed by atoms with Gasteiger partial charge in [-0.1, -0.05) is 18.2 Å². The molecule has 1 fully saturated rings. The zero-order valence-corrected chi connectivity index (χ0v) is 17.1. The third kappa shape index (κ3) is 3.98. The number of carbonyl (C=O) groups excluding carboxylic acids is 1. The van der Waals surface area contributed by atoms with E-state index in [0.29, 0.717) is 37.7 Å². The largest absolute Gasteiger partial charge is 0.489 e. The first kappa shape index (κ1) is 20.2. The van der Waals surface area contributed by atoms with Crippen LogP contribution in [0.15, 0.2) is 36.4 Å². The lowest BCUT2D eigenvalue weighted by atomic mass is 9.89. The molecule has 0 saturated carbocycles. The molecule has 2 aromatic carbocycles. The smallest absolute Gasteiger partial charge is 0.336 e. The van der Waals surface area contributed by atoms with Gasteiger partial charge in [-0.25, -0.2) is 4.79 Å². The van der Waals surface area contributed by atoms with Gasteiger partial charge in [-0.2, -0.15) is 0 Å². The van der Waals surface area contributed by atoms with Gasteiger partial charge in [0.25, 0.3) is 0 Å².